The van der Waals surface area contributed by atoms with E-state index < -0.39 is 0 Å². The van der Waals surface area contributed by atoms with Crippen molar-refractivity contribution >= 4 is 33.6 Å². The first-order valence-corrected chi connectivity index (χ1v) is 16.3. The normalized spacial score (nSPS) is 21.0. The first-order chi connectivity index (χ1) is 21.7. The zero-order valence-corrected chi connectivity index (χ0v) is 26.8. The Morgan fingerprint density at radius 2 is 1.67 bits per heavy atom. The van der Waals surface area contributed by atoms with E-state index >= 15 is 0 Å². The van der Waals surface area contributed by atoms with Crippen molar-refractivity contribution in [2.45, 2.75) is 96.1 Å². The van der Waals surface area contributed by atoms with Crippen molar-refractivity contribution in [1.82, 2.24) is 25.6 Å². The summed E-state index contributed by atoms with van der Waals surface area (Å²) < 4.78 is 5.11. The van der Waals surface area contributed by atoms with Gasteiger partial charge in [-0.3, -0.25) is 9.59 Å². The Hall–Kier alpha value is -4.27. The fourth-order valence-corrected chi connectivity index (χ4v) is 6.96. The number of ether oxygens (including phenoxy) is 1. The van der Waals surface area contributed by atoms with E-state index in [1.807, 2.05) is 18.2 Å². The number of amides is 2. The highest BCUT2D eigenvalue weighted by atomic mass is 16.5. The number of benzene rings is 1. The third-order valence-electron chi connectivity index (χ3n) is 9.24. The smallest absolute Gasteiger partial charge is 0.268 e. The number of nitrogens with one attached hydrogen (secondary N) is 4. The number of phenols is 1. The lowest BCUT2D eigenvalue weighted by molar-refractivity contribution is 0.0858. The average molecular weight is 614 g/mol. The van der Waals surface area contributed by atoms with Crippen molar-refractivity contribution in [2.24, 2.45) is 5.92 Å². The predicted molar refractivity (Wildman–Crippen MR) is 179 cm³/mol. The maximum Gasteiger partial charge on any atom is 0.268 e. The van der Waals surface area contributed by atoms with Gasteiger partial charge in [0.15, 0.2) is 0 Å². The second kappa shape index (κ2) is 14.2. The van der Waals surface area contributed by atoms with Gasteiger partial charge < -0.3 is 30.4 Å². The van der Waals surface area contributed by atoms with Crippen molar-refractivity contribution in [3.8, 4) is 11.6 Å². The van der Waals surface area contributed by atoms with Crippen LogP contribution in [0.5, 0.6) is 11.6 Å². The number of methoxy groups -OCH3 is 1. The van der Waals surface area contributed by atoms with Gasteiger partial charge in [-0.1, -0.05) is 58.1 Å². The van der Waals surface area contributed by atoms with Crippen LogP contribution in [-0.2, 0) is 0 Å². The zero-order valence-electron chi connectivity index (χ0n) is 26.8. The van der Waals surface area contributed by atoms with Gasteiger partial charge >= 0.3 is 0 Å². The molecule has 4 aromatic rings. The second-order valence-corrected chi connectivity index (χ2v) is 13.0. The molecule has 2 aliphatic rings. The summed E-state index contributed by atoms with van der Waals surface area (Å²) in [5, 5.41) is 17.8. The van der Waals surface area contributed by atoms with Gasteiger partial charge in [-0.25, -0.2) is 4.98 Å². The summed E-state index contributed by atoms with van der Waals surface area (Å²) in [5.41, 5.74) is 3.77. The van der Waals surface area contributed by atoms with Gasteiger partial charge in [-0.05, 0) is 68.7 Å². The molecule has 2 atom stereocenters. The van der Waals surface area contributed by atoms with Gasteiger partial charge in [0.05, 0.1) is 12.6 Å². The lowest BCUT2D eigenvalue weighted by atomic mass is 9.73. The number of aromatic nitrogens is 3. The SMILES string of the molecule is C=C1CC(C)CC(CC)(NC(=O)c2cc3ccc(O)cc3[nH]2)C1.COc1cc2[nH]c(C(=O)NC3CCCCCCC3)cc2cn1. The van der Waals surface area contributed by atoms with E-state index in [0.29, 0.717) is 29.2 Å². The molecule has 45 heavy (non-hydrogen) atoms. The highest BCUT2D eigenvalue weighted by Gasteiger charge is 2.36. The van der Waals surface area contributed by atoms with E-state index in [2.05, 4.69) is 46.0 Å². The van der Waals surface area contributed by atoms with Crippen LogP contribution in [0.25, 0.3) is 21.8 Å². The first-order valence-electron chi connectivity index (χ1n) is 16.3. The third-order valence-corrected chi connectivity index (χ3v) is 9.24. The number of carbonyl (C=O) groups excluding carboxylic acids is 2. The number of nitrogens with zero attached hydrogens (tertiary/aromatic N) is 1. The molecule has 2 unspecified atom stereocenters. The minimum Gasteiger partial charge on any atom is -0.508 e. The average Bonchev–Trinajstić information content (AvgIpc) is 3.62. The fourth-order valence-electron chi connectivity index (χ4n) is 6.96. The predicted octanol–water partition coefficient (Wildman–Crippen LogP) is 7.54. The molecular formula is C36H47N5O4. The van der Waals surface area contributed by atoms with Gasteiger partial charge in [0.1, 0.15) is 17.1 Å². The fraction of sp³-hybridized carbons (Fsp3) is 0.472. The maximum absolute atomic E-state index is 12.7. The number of carbonyl (C=O) groups is 2. The van der Waals surface area contributed by atoms with E-state index in [-0.39, 0.29) is 23.1 Å². The van der Waals surface area contributed by atoms with Gasteiger partial charge in [0.2, 0.25) is 5.88 Å². The number of fused-ring (bicyclic) bond motifs is 2. The summed E-state index contributed by atoms with van der Waals surface area (Å²) in [6.45, 7) is 8.48. The van der Waals surface area contributed by atoms with E-state index in [4.69, 9.17) is 4.74 Å². The monoisotopic (exact) mass is 613 g/mol. The largest absolute Gasteiger partial charge is 0.508 e. The van der Waals surface area contributed by atoms with E-state index in [9.17, 15) is 14.7 Å². The minimum absolute atomic E-state index is 0.0271. The highest BCUT2D eigenvalue weighted by molar-refractivity contribution is 5.99. The molecule has 0 bridgehead atoms. The van der Waals surface area contributed by atoms with E-state index in [0.717, 1.165) is 60.3 Å². The molecule has 9 nitrogen and oxygen atoms in total. The quantitative estimate of drug-likeness (QED) is 0.143. The number of aromatic hydroxyl groups is 1. The summed E-state index contributed by atoms with van der Waals surface area (Å²) in [4.78, 5) is 35.6. The van der Waals surface area contributed by atoms with Crippen LogP contribution in [0.15, 0.2) is 54.7 Å². The second-order valence-electron chi connectivity index (χ2n) is 13.0. The molecule has 3 aromatic heterocycles. The highest BCUT2D eigenvalue weighted by Crippen LogP contribution is 2.37. The number of rotatable bonds is 6. The topological polar surface area (TPSA) is 132 Å². The molecule has 2 saturated carbocycles. The number of H-pyrrole nitrogens is 2. The van der Waals surface area contributed by atoms with Gasteiger partial charge in [-0.15, -0.1) is 0 Å². The molecule has 0 spiro atoms. The summed E-state index contributed by atoms with van der Waals surface area (Å²) in [7, 11) is 1.58. The van der Waals surface area contributed by atoms with Crippen LogP contribution in [0.3, 0.4) is 0 Å². The molecule has 3 heterocycles. The molecule has 2 fully saturated rings. The molecule has 0 aliphatic heterocycles. The van der Waals surface area contributed by atoms with Crippen LogP contribution in [0.2, 0.25) is 0 Å². The molecule has 9 heteroatoms. The van der Waals surface area contributed by atoms with Crippen LogP contribution in [0, 0.1) is 5.92 Å². The molecular weight excluding hydrogens is 566 g/mol. The van der Waals surface area contributed by atoms with Crippen molar-refractivity contribution in [3.63, 3.8) is 0 Å². The molecule has 0 radical (unpaired) electrons. The number of phenolic OH excluding ortho intramolecular Hbond substituents is 1. The number of hydrogen-bond donors (Lipinski definition) is 5. The molecule has 2 amide bonds. The van der Waals surface area contributed by atoms with Crippen LogP contribution >= 0.6 is 0 Å². The van der Waals surface area contributed by atoms with Gasteiger partial charge in [0, 0.05) is 46.2 Å². The number of aromatic amines is 2. The number of pyridine rings is 1. The summed E-state index contributed by atoms with van der Waals surface area (Å²) in [5.74, 6) is 1.15. The van der Waals surface area contributed by atoms with Gasteiger partial charge in [-0.2, -0.15) is 0 Å². The van der Waals surface area contributed by atoms with E-state index in [1.165, 1.54) is 37.7 Å². The third kappa shape index (κ3) is 8.07. The van der Waals surface area contributed by atoms with Crippen LogP contribution in [0.4, 0.5) is 0 Å². The molecule has 240 valence electrons. The van der Waals surface area contributed by atoms with Crippen molar-refractivity contribution in [3.05, 3.63) is 66.1 Å². The Morgan fingerprint density at radius 3 is 2.36 bits per heavy atom. The lowest BCUT2D eigenvalue weighted by Crippen LogP contribution is -2.51. The molecule has 6 rings (SSSR count). The maximum atomic E-state index is 12.7. The Morgan fingerprint density at radius 1 is 1.00 bits per heavy atom. The molecule has 1 aromatic carbocycles. The Kier molecular flexibility index (Phi) is 10.2. The molecule has 0 saturated heterocycles. The lowest BCUT2D eigenvalue weighted by Gasteiger charge is -2.41. The Labute approximate surface area is 265 Å². The van der Waals surface area contributed by atoms with Crippen molar-refractivity contribution in [2.75, 3.05) is 7.11 Å². The van der Waals surface area contributed by atoms with Crippen molar-refractivity contribution < 1.29 is 19.4 Å². The van der Waals surface area contributed by atoms with Crippen LogP contribution in [-0.4, -0.2) is 50.6 Å². The molecule has 2 aliphatic carbocycles. The van der Waals surface area contributed by atoms with E-state index in [1.54, 1.807) is 31.5 Å². The Bertz CT molecular complexity index is 1650. The number of hydrogen-bond acceptors (Lipinski definition) is 5. The summed E-state index contributed by atoms with van der Waals surface area (Å²) >= 11 is 0. The minimum atomic E-state index is -0.203. The standard InChI is InChI=1S/C19H24N2O2.C17H23N3O2/c1-4-19(10-12(2)7-13(3)11-19)21-18(23)17-8-14-5-6-15(22)9-16(14)20-17;1-22-16-10-14-12(11-18-16)9-15(20-14)17(21)19-13-7-5-3-2-4-6-8-13/h5-6,8-9,13,20,22H,2,4,7,10-11H2,1,3H3,(H,21,23);9-11,13,20H,2-8H2,1H3,(H,19,21). The van der Waals surface area contributed by atoms with Crippen LogP contribution in [0.1, 0.15) is 105 Å². The van der Waals surface area contributed by atoms with Gasteiger partial charge in [0.25, 0.3) is 11.8 Å². The first kappa shape index (κ1) is 32.1. The summed E-state index contributed by atoms with van der Waals surface area (Å²) in [6, 6.07) is 10.8. The van der Waals surface area contributed by atoms with Crippen LogP contribution < -0.4 is 15.4 Å². The zero-order chi connectivity index (χ0) is 32.0. The van der Waals surface area contributed by atoms with Crippen molar-refractivity contribution in [1.29, 1.82) is 0 Å². The Balaban J connectivity index is 0.000000178. The molecule has 5 N–H and O–H groups in total. The summed E-state index contributed by atoms with van der Waals surface area (Å²) in [6.07, 6.45) is 14.0.